The number of nitrogens with zero attached hydrogens (tertiary/aromatic N) is 2. The minimum Gasteiger partial charge on any atom is -0.487 e. The topological polar surface area (TPSA) is 58.2 Å². The number of amides is 1. The van der Waals surface area contributed by atoms with Crippen molar-refractivity contribution < 1.29 is 13.9 Å². The van der Waals surface area contributed by atoms with E-state index in [9.17, 15) is 9.18 Å². The van der Waals surface area contributed by atoms with Gasteiger partial charge in [-0.1, -0.05) is 12.1 Å². The number of halogens is 1. The number of hydrogen-bond donors (Lipinski definition) is 1. The second-order valence-electron chi connectivity index (χ2n) is 5.63. The molecule has 0 saturated carbocycles. The number of nitrogens with one attached hydrogen (secondary N) is 1. The van der Waals surface area contributed by atoms with E-state index in [1.165, 1.54) is 12.1 Å². The van der Waals surface area contributed by atoms with Crippen LogP contribution in [0, 0.1) is 5.82 Å². The van der Waals surface area contributed by atoms with Crippen molar-refractivity contribution in [1.82, 2.24) is 15.1 Å². The Bertz CT molecular complexity index is 848. The Morgan fingerprint density at radius 1 is 1.36 bits per heavy atom. The second-order valence-corrected chi connectivity index (χ2v) is 6.61. The summed E-state index contributed by atoms with van der Waals surface area (Å²) < 4.78 is 18.6. The van der Waals surface area contributed by atoms with E-state index in [2.05, 4.69) is 10.2 Å². The fourth-order valence-corrected chi connectivity index (χ4v) is 3.17. The summed E-state index contributed by atoms with van der Waals surface area (Å²) in [5, 5.41) is 8.84. The summed E-state index contributed by atoms with van der Waals surface area (Å²) in [6.45, 7) is 2.15. The second kappa shape index (κ2) is 7.48. The summed E-state index contributed by atoms with van der Waals surface area (Å²) in [6, 6.07) is 11.5. The number of carbonyl (C=O) groups excluding carboxylic acids is 1. The van der Waals surface area contributed by atoms with Crippen molar-refractivity contribution in [2.45, 2.75) is 19.6 Å². The molecule has 3 aromatic rings. The van der Waals surface area contributed by atoms with Crippen molar-refractivity contribution in [3.05, 3.63) is 69.9 Å². The van der Waals surface area contributed by atoms with Crippen LogP contribution in [-0.4, -0.2) is 28.1 Å². The summed E-state index contributed by atoms with van der Waals surface area (Å²) in [7, 11) is 1.75. The molecule has 0 aliphatic rings. The molecule has 2 aromatic heterocycles. The van der Waals surface area contributed by atoms with Crippen molar-refractivity contribution in [2.24, 2.45) is 0 Å². The number of rotatable bonds is 6. The van der Waals surface area contributed by atoms with Gasteiger partial charge in [-0.05, 0) is 36.6 Å². The molecule has 0 saturated heterocycles. The zero-order valence-electron chi connectivity index (χ0n) is 13.9. The lowest BCUT2D eigenvalue weighted by Crippen LogP contribution is -2.29. The predicted molar refractivity (Wildman–Crippen MR) is 94.1 cm³/mol. The molecule has 25 heavy (non-hydrogen) atoms. The largest absolute Gasteiger partial charge is 0.487 e. The summed E-state index contributed by atoms with van der Waals surface area (Å²) in [5.41, 5.74) is 0.966. The third kappa shape index (κ3) is 4.06. The van der Waals surface area contributed by atoms with Gasteiger partial charge in [-0.15, -0.1) is 11.3 Å². The molecule has 0 bridgehead atoms. The normalized spacial score (nSPS) is 12.0. The lowest BCUT2D eigenvalue weighted by Gasteiger charge is -2.23. The zero-order valence-corrected chi connectivity index (χ0v) is 14.7. The van der Waals surface area contributed by atoms with Crippen LogP contribution in [0.2, 0.25) is 0 Å². The fraction of sp³-hybridized carbons (Fsp3) is 0.222. The van der Waals surface area contributed by atoms with Crippen LogP contribution in [0.15, 0.2) is 47.8 Å². The molecular formula is C18H18FN3O2S. The molecular weight excluding hydrogens is 341 g/mol. The highest BCUT2D eigenvalue weighted by atomic mass is 32.1. The third-order valence-corrected chi connectivity index (χ3v) is 4.94. The minimum absolute atomic E-state index is 0.0313. The summed E-state index contributed by atoms with van der Waals surface area (Å²) >= 11 is 1.61. The molecule has 2 heterocycles. The van der Waals surface area contributed by atoms with Crippen LogP contribution in [-0.2, 0) is 6.61 Å². The molecule has 0 aliphatic carbocycles. The van der Waals surface area contributed by atoms with E-state index in [-0.39, 0.29) is 24.4 Å². The molecule has 0 radical (unpaired) electrons. The first-order chi connectivity index (χ1) is 12.0. The highest BCUT2D eigenvalue weighted by Gasteiger charge is 2.21. The van der Waals surface area contributed by atoms with Crippen LogP contribution < -0.4 is 4.74 Å². The Morgan fingerprint density at radius 2 is 2.20 bits per heavy atom. The number of aromatic amines is 1. The van der Waals surface area contributed by atoms with Gasteiger partial charge in [0.2, 0.25) is 0 Å². The van der Waals surface area contributed by atoms with Crippen molar-refractivity contribution in [2.75, 3.05) is 7.05 Å². The molecule has 3 rings (SSSR count). The van der Waals surface area contributed by atoms with Crippen LogP contribution in [0.5, 0.6) is 5.75 Å². The van der Waals surface area contributed by atoms with Gasteiger partial charge in [0.1, 0.15) is 18.2 Å². The van der Waals surface area contributed by atoms with E-state index >= 15 is 0 Å². The Morgan fingerprint density at radius 3 is 2.92 bits per heavy atom. The Hall–Kier alpha value is -2.67. The predicted octanol–water partition coefficient (Wildman–Crippen LogP) is 4.02. The number of ether oxygens (including phenoxy) is 1. The van der Waals surface area contributed by atoms with Crippen molar-refractivity contribution in [3.8, 4) is 5.75 Å². The van der Waals surface area contributed by atoms with Gasteiger partial charge in [0.25, 0.3) is 5.91 Å². The molecule has 1 unspecified atom stereocenters. The van der Waals surface area contributed by atoms with Gasteiger partial charge in [0.15, 0.2) is 5.69 Å². The maximum absolute atomic E-state index is 13.1. The molecule has 1 aromatic carbocycles. The first kappa shape index (κ1) is 17.2. The molecule has 5 nitrogen and oxygen atoms in total. The highest BCUT2D eigenvalue weighted by Crippen LogP contribution is 2.24. The summed E-state index contributed by atoms with van der Waals surface area (Å²) in [6.07, 6.45) is 0. The molecule has 1 atom stereocenters. The molecule has 7 heteroatoms. The Kier molecular flexibility index (Phi) is 5.14. The number of thiophene rings is 1. The average Bonchev–Trinajstić information content (AvgIpc) is 3.30. The van der Waals surface area contributed by atoms with Gasteiger partial charge in [0.05, 0.1) is 11.7 Å². The van der Waals surface area contributed by atoms with Crippen molar-refractivity contribution >= 4 is 17.2 Å². The highest BCUT2D eigenvalue weighted by molar-refractivity contribution is 7.10. The lowest BCUT2D eigenvalue weighted by atomic mass is 10.2. The monoisotopic (exact) mass is 359 g/mol. The third-order valence-electron chi connectivity index (χ3n) is 3.90. The molecule has 130 valence electrons. The molecule has 0 fully saturated rings. The first-order valence-corrected chi connectivity index (χ1v) is 8.66. The standard InChI is InChI=1S/C18H18FN3O2S/c1-12(17-7-4-8-25-17)22(2)18(23)16-10-14(20-21-16)11-24-15-6-3-5-13(19)9-15/h3-10,12H,11H2,1-2H3,(H,20,21). The maximum atomic E-state index is 13.1. The Balaban J connectivity index is 1.63. The summed E-state index contributed by atoms with van der Waals surface area (Å²) in [5.74, 6) is -0.109. The first-order valence-electron chi connectivity index (χ1n) is 7.78. The number of aromatic nitrogens is 2. The van der Waals surface area contributed by atoms with Crippen LogP contribution in [0.4, 0.5) is 4.39 Å². The van der Waals surface area contributed by atoms with Gasteiger partial charge in [-0.2, -0.15) is 5.10 Å². The van der Waals surface area contributed by atoms with Gasteiger partial charge >= 0.3 is 0 Å². The van der Waals surface area contributed by atoms with Gasteiger partial charge in [-0.25, -0.2) is 4.39 Å². The van der Waals surface area contributed by atoms with Crippen LogP contribution >= 0.6 is 11.3 Å². The van der Waals surface area contributed by atoms with Crippen molar-refractivity contribution in [1.29, 1.82) is 0 Å². The fourth-order valence-electron chi connectivity index (χ4n) is 2.34. The van der Waals surface area contributed by atoms with Gasteiger partial charge < -0.3 is 9.64 Å². The SMILES string of the molecule is CC(c1cccs1)N(C)C(=O)c1cc(COc2cccc(F)c2)[nH]n1. The number of H-pyrrole nitrogens is 1. The van der Waals surface area contributed by atoms with E-state index < -0.39 is 0 Å². The van der Waals surface area contributed by atoms with E-state index in [1.807, 2.05) is 24.4 Å². The Labute approximate surface area is 149 Å². The number of carbonyl (C=O) groups is 1. The molecule has 1 N–H and O–H groups in total. The van der Waals surface area contributed by atoms with E-state index in [4.69, 9.17) is 4.74 Å². The van der Waals surface area contributed by atoms with E-state index in [1.54, 1.807) is 41.5 Å². The van der Waals surface area contributed by atoms with Crippen LogP contribution in [0.3, 0.4) is 0 Å². The van der Waals surface area contributed by atoms with Crippen LogP contribution in [0.25, 0.3) is 0 Å². The minimum atomic E-state index is -0.359. The van der Waals surface area contributed by atoms with Crippen molar-refractivity contribution in [3.63, 3.8) is 0 Å². The zero-order chi connectivity index (χ0) is 17.8. The van der Waals surface area contributed by atoms with Crippen LogP contribution in [0.1, 0.15) is 34.0 Å². The van der Waals surface area contributed by atoms with E-state index in [0.29, 0.717) is 17.1 Å². The van der Waals surface area contributed by atoms with Gasteiger partial charge in [-0.3, -0.25) is 9.89 Å². The smallest absolute Gasteiger partial charge is 0.274 e. The summed E-state index contributed by atoms with van der Waals surface area (Å²) in [4.78, 5) is 15.3. The van der Waals surface area contributed by atoms with Gasteiger partial charge in [0, 0.05) is 18.0 Å². The van der Waals surface area contributed by atoms with E-state index in [0.717, 1.165) is 4.88 Å². The quantitative estimate of drug-likeness (QED) is 0.723. The molecule has 0 aliphatic heterocycles. The molecule has 1 amide bonds. The average molecular weight is 359 g/mol. The number of hydrogen-bond acceptors (Lipinski definition) is 4. The maximum Gasteiger partial charge on any atom is 0.274 e. The lowest BCUT2D eigenvalue weighted by molar-refractivity contribution is 0.0739. The molecule has 0 spiro atoms. The number of benzene rings is 1.